The summed E-state index contributed by atoms with van der Waals surface area (Å²) >= 11 is 2.95. The quantitative estimate of drug-likeness (QED) is 0.367. The summed E-state index contributed by atoms with van der Waals surface area (Å²) in [6.45, 7) is 1.61. The van der Waals surface area contributed by atoms with Crippen molar-refractivity contribution in [1.82, 2.24) is 15.4 Å². The van der Waals surface area contributed by atoms with E-state index in [0.717, 1.165) is 12.3 Å². The molecule has 114 valence electrons. The highest BCUT2D eigenvalue weighted by molar-refractivity contribution is 7.98. The minimum absolute atomic E-state index is 0.309. The monoisotopic (exact) mass is 336 g/mol. The lowest BCUT2D eigenvalue weighted by Crippen LogP contribution is -2.42. The van der Waals surface area contributed by atoms with E-state index < -0.39 is 10.0 Å². The number of hydrogen-bond donors (Lipinski definition) is 3. The van der Waals surface area contributed by atoms with Crippen molar-refractivity contribution >= 4 is 39.1 Å². The Morgan fingerprint density at radius 1 is 1.35 bits per heavy atom. The number of thioether (sulfide) groups is 1. The Morgan fingerprint density at radius 3 is 2.70 bits per heavy atom. The molecule has 0 atom stereocenters. The first-order chi connectivity index (χ1) is 9.60. The third-order valence-electron chi connectivity index (χ3n) is 2.29. The van der Waals surface area contributed by atoms with Gasteiger partial charge in [-0.1, -0.05) is 6.07 Å². The number of guanidine groups is 1. The number of sulfonamides is 1. The Balaban J connectivity index is 2.27. The standard InChI is InChI=1S/C11H20N4O2S3/c1-12-11(14-7-9-18-2)13-5-6-15-20(16,17)10-4-3-8-19-10/h3-4,8,15H,5-7,9H2,1-2H3,(H2,12,13,14). The van der Waals surface area contributed by atoms with Gasteiger partial charge in [0.15, 0.2) is 5.96 Å². The molecule has 1 aromatic rings. The predicted molar refractivity (Wildman–Crippen MR) is 87.3 cm³/mol. The summed E-state index contributed by atoms with van der Waals surface area (Å²) in [5.41, 5.74) is 0. The second kappa shape index (κ2) is 9.22. The highest BCUT2D eigenvalue weighted by Crippen LogP contribution is 2.14. The van der Waals surface area contributed by atoms with Crippen molar-refractivity contribution in [2.45, 2.75) is 4.21 Å². The minimum atomic E-state index is -3.38. The molecule has 0 aliphatic heterocycles. The SMILES string of the molecule is CN=C(NCCNS(=O)(=O)c1cccs1)NCCSC. The van der Waals surface area contributed by atoms with E-state index in [2.05, 4.69) is 20.3 Å². The maximum atomic E-state index is 11.8. The van der Waals surface area contributed by atoms with E-state index in [1.54, 1.807) is 36.3 Å². The van der Waals surface area contributed by atoms with Gasteiger partial charge in [-0.05, 0) is 17.7 Å². The summed E-state index contributed by atoms with van der Waals surface area (Å²) in [6, 6.07) is 3.30. The van der Waals surface area contributed by atoms with Crippen molar-refractivity contribution in [2.24, 2.45) is 4.99 Å². The van der Waals surface area contributed by atoms with Gasteiger partial charge in [0.2, 0.25) is 10.0 Å². The summed E-state index contributed by atoms with van der Waals surface area (Å²) in [5.74, 6) is 1.67. The third kappa shape index (κ3) is 6.12. The molecule has 0 fully saturated rings. The van der Waals surface area contributed by atoms with Gasteiger partial charge in [0.05, 0.1) is 0 Å². The van der Waals surface area contributed by atoms with Gasteiger partial charge in [-0.2, -0.15) is 11.8 Å². The molecule has 0 aliphatic rings. The number of hydrogen-bond acceptors (Lipinski definition) is 5. The first-order valence-corrected chi connectivity index (χ1v) is 9.82. The first kappa shape index (κ1) is 17.3. The molecule has 0 saturated carbocycles. The molecule has 0 bridgehead atoms. The number of rotatable bonds is 8. The minimum Gasteiger partial charge on any atom is -0.356 e. The van der Waals surface area contributed by atoms with Gasteiger partial charge < -0.3 is 10.6 Å². The number of nitrogens with one attached hydrogen (secondary N) is 3. The zero-order valence-electron chi connectivity index (χ0n) is 11.5. The average Bonchev–Trinajstić information content (AvgIpc) is 2.96. The predicted octanol–water partition coefficient (Wildman–Crippen LogP) is 0.554. The van der Waals surface area contributed by atoms with Crippen LogP contribution in [0.2, 0.25) is 0 Å². The summed E-state index contributed by atoms with van der Waals surface area (Å²) in [7, 11) is -1.69. The topological polar surface area (TPSA) is 82.6 Å². The van der Waals surface area contributed by atoms with E-state index >= 15 is 0 Å². The highest BCUT2D eigenvalue weighted by atomic mass is 32.2. The molecule has 0 unspecified atom stereocenters. The van der Waals surface area contributed by atoms with Crippen LogP contribution in [0.5, 0.6) is 0 Å². The van der Waals surface area contributed by atoms with Crippen LogP contribution in [-0.2, 0) is 10.0 Å². The van der Waals surface area contributed by atoms with E-state index in [1.807, 2.05) is 6.26 Å². The molecule has 0 amide bonds. The van der Waals surface area contributed by atoms with Crippen molar-refractivity contribution in [3.8, 4) is 0 Å². The fraction of sp³-hybridized carbons (Fsp3) is 0.545. The van der Waals surface area contributed by atoms with Crippen LogP contribution in [-0.4, -0.2) is 53.1 Å². The molecule has 6 nitrogen and oxygen atoms in total. The Morgan fingerprint density at radius 2 is 2.10 bits per heavy atom. The molecule has 0 spiro atoms. The molecule has 0 aromatic carbocycles. The normalized spacial score (nSPS) is 12.4. The van der Waals surface area contributed by atoms with Gasteiger partial charge in [-0.25, -0.2) is 13.1 Å². The Hall–Kier alpha value is -0.770. The van der Waals surface area contributed by atoms with Crippen LogP contribution in [0.25, 0.3) is 0 Å². The zero-order chi connectivity index (χ0) is 14.8. The lowest BCUT2D eigenvalue weighted by atomic mass is 10.6. The third-order valence-corrected chi connectivity index (χ3v) is 5.76. The molecule has 1 aromatic heterocycles. The van der Waals surface area contributed by atoms with Crippen molar-refractivity contribution in [3.63, 3.8) is 0 Å². The van der Waals surface area contributed by atoms with E-state index in [0.29, 0.717) is 23.3 Å². The second-order valence-electron chi connectivity index (χ2n) is 3.75. The molecule has 0 aliphatic carbocycles. The fourth-order valence-electron chi connectivity index (χ4n) is 1.35. The van der Waals surface area contributed by atoms with E-state index in [4.69, 9.17) is 0 Å². The fourth-order valence-corrected chi connectivity index (χ4v) is 3.72. The van der Waals surface area contributed by atoms with Gasteiger partial charge in [0.25, 0.3) is 0 Å². The van der Waals surface area contributed by atoms with Crippen LogP contribution < -0.4 is 15.4 Å². The van der Waals surface area contributed by atoms with Gasteiger partial charge in [-0.3, -0.25) is 4.99 Å². The second-order valence-corrected chi connectivity index (χ2v) is 7.68. The van der Waals surface area contributed by atoms with Gasteiger partial charge >= 0.3 is 0 Å². The maximum Gasteiger partial charge on any atom is 0.250 e. The smallest absolute Gasteiger partial charge is 0.250 e. The lowest BCUT2D eigenvalue weighted by Gasteiger charge is -2.11. The molecular formula is C11H20N4O2S3. The van der Waals surface area contributed by atoms with Crippen LogP contribution in [0.4, 0.5) is 0 Å². The summed E-state index contributed by atoms with van der Waals surface area (Å²) in [4.78, 5) is 4.05. The van der Waals surface area contributed by atoms with Gasteiger partial charge in [0, 0.05) is 32.4 Å². The zero-order valence-corrected chi connectivity index (χ0v) is 14.0. The maximum absolute atomic E-state index is 11.8. The van der Waals surface area contributed by atoms with E-state index in [1.165, 1.54) is 11.3 Å². The molecule has 20 heavy (non-hydrogen) atoms. The number of nitrogens with zero attached hydrogens (tertiary/aromatic N) is 1. The van der Waals surface area contributed by atoms with E-state index in [9.17, 15) is 8.42 Å². The van der Waals surface area contributed by atoms with Crippen LogP contribution in [0.3, 0.4) is 0 Å². The summed E-state index contributed by atoms with van der Waals surface area (Å²) in [5, 5.41) is 7.93. The average molecular weight is 337 g/mol. The van der Waals surface area contributed by atoms with Gasteiger partial charge in [0.1, 0.15) is 4.21 Å². The number of aliphatic imine (C=N–C) groups is 1. The lowest BCUT2D eigenvalue weighted by molar-refractivity contribution is 0.582. The van der Waals surface area contributed by atoms with Gasteiger partial charge in [-0.15, -0.1) is 11.3 Å². The first-order valence-electron chi connectivity index (χ1n) is 6.07. The molecule has 1 heterocycles. The summed E-state index contributed by atoms with van der Waals surface area (Å²) < 4.78 is 26.6. The molecule has 0 radical (unpaired) electrons. The molecular weight excluding hydrogens is 316 g/mol. The summed E-state index contributed by atoms with van der Waals surface area (Å²) in [6.07, 6.45) is 2.04. The molecule has 1 rings (SSSR count). The van der Waals surface area contributed by atoms with Crippen molar-refractivity contribution < 1.29 is 8.42 Å². The Kier molecular flexibility index (Phi) is 7.97. The number of thiophene rings is 1. The van der Waals surface area contributed by atoms with Crippen LogP contribution in [0.1, 0.15) is 0 Å². The van der Waals surface area contributed by atoms with Crippen LogP contribution >= 0.6 is 23.1 Å². The molecule has 0 saturated heterocycles. The van der Waals surface area contributed by atoms with Crippen molar-refractivity contribution in [2.75, 3.05) is 38.7 Å². The van der Waals surface area contributed by atoms with Crippen molar-refractivity contribution in [3.05, 3.63) is 17.5 Å². The van der Waals surface area contributed by atoms with Crippen LogP contribution in [0, 0.1) is 0 Å². The Labute approximate surface area is 128 Å². The molecule has 9 heteroatoms. The largest absolute Gasteiger partial charge is 0.356 e. The van der Waals surface area contributed by atoms with Crippen LogP contribution in [0.15, 0.2) is 26.7 Å². The molecule has 3 N–H and O–H groups in total. The van der Waals surface area contributed by atoms with Crippen molar-refractivity contribution in [1.29, 1.82) is 0 Å². The van der Waals surface area contributed by atoms with E-state index in [-0.39, 0.29) is 0 Å². The Bertz CT molecular complexity index is 500. The highest BCUT2D eigenvalue weighted by Gasteiger charge is 2.13.